The van der Waals surface area contributed by atoms with Crippen LogP contribution in [0.15, 0.2) is 12.3 Å². The van der Waals surface area contributed by atoms with Gasteiger partial charge in [-0.15, -0.1) is 6.58 Å². The first-order chi connectivity index (χ1) is 2.56. The van der Waals surface area contributed by atoms with E-state index in [-0.39, 0.29) is 0 Å². The maximum atomic E-state index is 10.0. The van der Waals surface area contributed by atoms with Crippen molar-refractivity contribution in [3.8, 4) is 0 Å². The maximum Gasteiger partial charge on any atom is 0.392 e. The van der Waals surface area contributed by atoms with Gasteiger partial charge >= 0.3 is 8.56 Å². The lowest BCUT2D eigenvalue weighted by atomic mass is 11.3. The van der Waals surface area contributed by atoms with Crippen molar-refractivity contribution in [2.75, 3.05) is 0 Å². The predicted molar refractivity (Wildman–Crippen MR) is 24.7 cm³/mol. The summed E-state index contributed by atoms with van der Waals surface area (Å²) in [4.78, 5) is 18.3. The van der Waals surface area contributed by atoms with E-state index in [0.717, 1.165) is 5.70 Å². The molecule has 35 valence electrons. The second kappa shape index (κ2) is 1.55. The normalized spacial score (nSPS) is 11.2. The summed E-state index contributed by atoms with van der Waals surface area (Å²) in [5.74, 6) is 0. The number of rotatable bonds is 1. The van der Waals surface area contributed by atoms with Gasteiger partial charge in [-0.3, -0.25) is 4.80 Å². The highest BCUT2D eigenvalue weighted by molar-refractivity contribution is 6.68. The van der Waals surface area contributed by atoms with Crippen LogP contribution in [0, 0.1) is 0 Å². The lowest BCUT2D eigenvalue weighted by Crippen LogP contribution is -2.23. The molecule has 0 aliphatic carbocycles. The Bertz CT molecular complexity index is 54.3. The van der Waals surface area contributed by atoms with E-state index in [2.05, 4.69) is 6.58 Å². The largest absolute Gasteiger partial charge is 0.406 e. The van der Waals surface area contributed by atoms with Gasteiger partial charge in [0, 0.05) is 0 Å². The van der Waals surface area contributed by atoms with Crippen LogP contribution in [0.3, 0.4) is 0 Å². The van der Waals surface area contributed by atoms with Crippen molar-refractivity contribution >= 4 is 8.56 Å². The van der Waals surface area contributed by atoms with Crippen LogP contribution in [0.1, 0.15) is 0 Å². The van der Waals surface area contributed by atoms with Crippen molar-refractivity contribution in [1.82, 2.24) is 0 Å². The summed E-state index contributed by atoms with van der Waals surface area (Å²) in [5.41, 5.74) is 1.08. The van der Waals surface area contributed by atoms with Gasteiger partial charge in [0.25, 0.3) is 0 Å². The highest BCUT2D eigenvalue weighted by Gasteiger charge is 2.16. The van der Waals surface area contributed by atoms with E-state index in [0.29, 0.717) is 0 Å². The maximum absolute atomic E-state index is 10.0. The molecule has 0 saturated carbocycles. The van der Waals surface area contributed by atoms with Gasteiger partial charge < -0.3 is 4.80 Å². The van der Waals surface area contributed by atoms with E-state index in [4.69, 9.17) is 4.80 Å². The van der Waals surface area contributed by atoms with E-state index >= 15 is 0 Å². The second-order valence-corrected chi connectivity index (χ2v) is 3.78. The van der Waals surface area contributed by atoms with Gasteiger partial charge in [0.05, 0.1) is 0 Å². The average molecular weight is 103 g/mol. The highest BCUT2D eigenvalue weighted by Crippen LogP contribution is 1.88. The summed E-state index contributed by atoms with van der Waals surface area (Å²) in [5, 5.41) is 0. The van der Waals surface area contributed by atoms with Gasteiger partial charge in [-0.1, -0.05) is 0 Å². The Labute approximate surface area is 38.0 Å². The Hall–Kier alpha value is -0.123. The molecule has 1 atom stereocenters. The lowest BCUT2D eigenvalue weighted by molar-refractivity contribution is 0.319. The van der Waals surface area contributed by atoms with E-state index in [9.17, 15) is 4.80 Å². The molecular formula is C3H7O2Si. The van der Waals surface area contributed by atoms with E-state index in [1.807, 2.05) is 0 Å². The highest BCUT2D eigenvalue weighted by atomic mass is 28.4. The Kier molecular flexibility index (Phi) is 1.52. The third-order valence-corrected chi connectivity index (χ3v) is 1.14. The quantitative estimate of drug-likeness (QED) is 0.473. The zero-order valence-corrected chi connectivity index (χ0v) is 4.64. The number of hydrogen-bond donors (Lipinski definition) is 1. The first kappa shape index (κ1) is 5.88. The van der Waals surface area contributed by atoms with Crippen LogP contribution < -0.4 is 0 Å². The molecule has 0 rings (SSSR count). The summed E-state index contributed by atoms with van der Waals surface area (Å²) in [6.45, 7) is 4.40. The third kappa shape index (κ3) is 3.88. The van der Waals surface area contributed by atoms with Crippen LogP contribution in [-0.2, 0) is 4.80 Å². The fourth-order valence-electron chi connectivity index (χ4n) is 0. The Morgan fingerprint density at radius 2 is 2.17 bits per heavy atom. The molecule has 0 heterocycles. The van der Waals surface area contributed by atoms with E-state index in [1.165, 1.54) is 6.55 Å². The van der Waals surface area contributed by atoms with Crippen LogP contribution in [-0.4, -0.2) is 13.4 Å². The Morgan fingerprint density at radius 3 is 2.17 bits per heavy atom. The molecule has 0 aromatic heterocycles. The molecule has 0 aromatic carbocycles. The van der Waals surface area contributed by atoms with Gasteiger partial charge in [-0.2, -0.15) is 0 Å². The number of hydrogen-bond acceptors (Lipinski definition) is 1. The summed E-state index contributed by atoms with van der Waals surface area (Å²) in [6, 6.07) is 0. The van der Waals surface area contributed by atoms with Crippen molar-refractivity contribution in [2.45, 2.75) is 6.55 Å². The fraction of sp³-hybridized carbons (Fsp3) is 0.333. The topological polar surface area (TPSA) is 40.1 Å². The van der Waals surface area contributed by atoms with Crippen LogP contribution in [0.2, 0.25) is 6.55 Å². The molecule has 0 bridgehead atoms. The van der Waals surface area contributed by atoms with Gasteiger partial charge in [-0.25, -0.2) is 0 Å². The Morgan fingerprint density at radius 1 is 2.00 bits per heavy atom. The standard InChI is InChI=1S/C3H7O2Si/c1-3-6(2,4)5/h3-4H,1H2,2H3. The molecule has 3 heteroatoms. The molecular weight excluding hydrogens is 96.1 g/mol. The minimum atomic E-state index is -3.12. The smallest absolute Gasteiger partial charge is 0.392 e. The zero-order valence-electron chi connectivity index (χ0n) is 3.64. The van der Waals surface area contributed by atoms with Crippen molar-refractivity contribution in [3.63, 3.8) is 0 Å². The third-order valence-electron chi connectivity index (χ3n) is 0.379. The van der Waals surface area contributed by atoms with Crippen LogP contribution in [0.4, 0.5) is 0 Å². The summed E-state index contributed by atoms with van der Waals surface area (Å²) >= 11 is 0. The molecule has 0 saturated heterocycles. The second-order valence-electron chi connectivity index (χ2n) is 1.26. The lowest BCUT2D eigenvalue weighted by Gasteiger charge is -1.96. The minimum absolute atomic E-state index is 1.08. The van der Waals surface area contributed by atoms with Crippen LogP contribution in [0.5, 0.6) is 0 Å². The molecule has 1 unspecified atom stereocenters. The molecule has 0 amide bonds. The minimum Gasteiger partial charge on any atom is -0.406 e. The molecule has 0 aliphatic rings. The Balaban J connectivity index is 3.45. The van der Waals surface area contributed by atoms with E-state index < -0.39 is 8.56 Å². The zero-order chi connectivity index (χ0) is 5.21. The fourth-order valence-corrected chi connectivity index (χ4v) is 0. The van der Waals surface area contributed by atoms with Crippen molar-refractivity contribution in [1.29, 1.82) is 0 Å². The SMILES string of the molecule is C=C[Si](C)([O])O. The molecule has 0 spiro atoms. The van der Waals surface area contributed by atoms with Crippen molar-refractivity contribution in [2.24, 2.45) is 0 Å². The summed E-state index contributed by atoms with van der Waals surface area (Å²) in [6.07, 6.45) is 0. The van der Waals surface area contributed by atoms with Crippen LogP contribution in [0.25, 0.3) is 0 Å². The molecule has 2 nitrogen and oxygen atoms in total. The molecule has 0 aliphatic heterocycles. The average Bonchev–Trinajstić information content (AvgIpc) is 1.35. The van der Waals surface area contributed by atoms with Gasteiger partial charge in [0.2, 0.25) is 0 Å². The van der Waals surface area contributed by atoms with Crippen molar-refractivity contribution < 1.29 is 9.59 Å². The van der Waals surface area contributed by atoms with Crippen LogP contribution >= 0.6 is 0 Å². The first-order valence-corrected chi connectivity index (χ1v) is 4.06. The molecule has 1 N–H and O–H groups in total. The van der Waals surface area contributed by atoms with Gasteiger partial charge in [0.15, 0.2) is 0 Å². The predicted octanol–water partition coefficient (Wildman–Crippen LogP) is 0.206. The molecule has 1 radical (unpaired) electrons. The summed E-state index contributed by atoms with van der Waals surface area (Å²) in [7, 11) is -3.12. The van der Waals surface area contributed by atoms with Gasteiger partial charge in [-0.05, 0) is 12.2 Å². The molecule has 6 heavy (non-hydrogen) atoms. The van der Waals surface area contributed by atoms with Crippen molar-refractivity contribution in [3.05, 3.63) is 12.3 Å². The molecule has 0 aromatic rings. The first-order valence-electron chi connectivity index (χ1n) is 1.62. The van der Waals surface area contributed by atoms with E-state index in [1.54, 1.807) is 0 Å². The van der Waals surface area contributed by atoms with Gasteiger partial charge in [0.1, 0.15) is 0 Å². The summed E-state index contributed by atoms with van der Waals surface area (Å²) < 4.78 is 0. The monoisotopic (exact) mass is 103 g/mol. The molecule has 0 fully saturated rings.